The number of nitrogens with one attached hydrogen (secondary N) is 1. The van der Waals surface area contributed by atoms with Gasteiger partial charge in [-0.3, -0.25) is 4.79 Å². The van der Waals surface area contributed by atoms with Gasteiger partial charge in [0.2, 0.25) is 0 Å². The lowest BCUT2D eigenvalue weighted by atomic mass is 10.1. The van der Waals surface area contributed by atoms with Gasteiger partial charge in [0.15, 0.2) is 0 Å². The third-order valence-electron chi connectivity index (χ3n) is 3.25. The number of hydrogen-bond acceptors (Lipinski definition) is 2. The molecule has 100 valence electrons. The van der Waals surface area contributed by atoms with Crippen molar-refractivity contribution in [3.63, 3.8) is 0 Å². The molecule has 20 heavy (non-hydrogen) atoms. The number of rotatable bonds is 3. The van der Waals surface area contributed by atoms with Gasteiger partial charge < -0.3 is 9.73 Å². The number of benzene rings is 2. The summed E-state index contributed by atoms with van der Waals surface area (Å²) < 4.78 is 5.29. The summed E-state index contributed by atoms with van der Waals surface area (Å²) in [6.07, 6.45) is 1.67. The van der Waals surface area contributed by atoms with E-state index in [-0.39, 0.29) is 5.91 Å². The van der Waals surface area contributed by atoms with Crippen molar-refractivity contribution in [2.45, 2.75) is 13.5 Å². The SMILES string of the molecule is Cc1cccc(C(=O)NCc2ccc3occc3c2)c1. The Morgan fingerprint density at radius 3 is 2.90 bits per heavy atom. The predicted molar refractivity (Wildman–Crippen MR) is 78.6 cm³/mol. The van der Waals surface area contributed by atoms with Crippen LogP contribution >= 0.6 is 0 Å². The fourth-order valence-corrected chi connectivity index (χ4v) is 2.20. The third kappa shape index (κ3) is 2.57. The summed E-state index contributed by atoms with van der Waals surface area (Å²) in [6, 6.07) is 15.4. The van der Waals surface area contributed by atoms with Gasteiger partial charge in [-0.1, -0.05) is 23.8 Å². The van der Waals surface area contributed by atoms with E-state index in [2.05, 4.69) is 5.32 Å². The maximum atomic E-state index is 12.1. The maximum Gasteiger partial charge on any atom is 0.251 e. The van der Waals surface area contributed by atoms with Crippen LogP contribution in [-0.2, 0) is 6.54 Å². The van der Waals surface area contributed by atoms with Gasteiger partial charge in [0.05, 0.1) is 6.26 Å². The fourth-order valence-electron chi connectivity index (χ4n) is 2.20. The lowest BCUT2D eigenvalue weighted by molar-refractivity contribution is 0.0951. The van der Waals surface area contributed by atoms with Crippen molar-refractivity contribution in [3.8, 4) is 0 Å². The molecule has 0 saturated carbocycles. The van der Waals surface area contributed by atoms with Gasteiger partial charge in [0.1, 0.15) is 5.58 Å². The molecule has 1 heterocycles. The minimum atomic E-state index is -0.0546. The van der Waals surface area contributed by atoms with Crippen LogP contribution in [-0.4, -0.2) is 5.91 Å². The van der Waals surface area contributed by atoms with Crippen LogP contribution in [0.2, 0.25) is 0 Å². The molecule has 1 amide bonds. The molecule has 0 aliphatic heterocycles. The summed E-state index contributed by atoms with van der Waals surface area (Å²) in [5.74, 6) is -0.0546. The first-order valence-electron chi connectivity index (χ1n) is 6.53. The van der Waals surface area contributed by atoms with Gasteiger partial charge >= 0.3 is 0 Å². The smallest absolute Gasteiger partial charge is 0.251 e. The van der Waals surface area contributed by atoms with Gasteiger partial charge in [-0.25, -0.2) is 0 Å². The molecule has 0 spiro atoms. The molecule has 0 aliphatic rings. The predicted octanol–water partition coefficient (Wildman–Crippen LogP) is 3.67. The van der Waals surface area contributed by atoms with Crippen molar-refractivity contribution in [3.05, 3.63) is 71.5 Å². The van der Waals surface area contributed by atoms with Crippen molar-refractivity contribution in [1.82, 2.24) is 5.32 Å². The molecule has 0 saturated heterocycles. The fraction of sp³-hybridized carbons (Fsp3) is 0.118. The van der Waals surface area contributed by atoms with Gasteiger partial charge in [-0.05, 0) is 42.8 Å². The Kier molecular flexibility index (Phi) is 3.25. The second-order valence-corrected chi connectivity index (χ2v) is 4.84. The lowest BCUT2D eigenvalue weighted by Crippen LogP contribution is -2.22. The van der Waals surface area contributed by atoms with Crippen molar-refractivity contribution < 1.29 is 9.21 Å². The highest BCUT2D eigenvalue weighted by molar-refractivity contribution is 5.94. The summed E-state index contributed by atoms with van der Waals surface area (Å²) >= 11 is 0. The number of aryl methyl sites for hydroxylation is 1. The summed E-state index contributed by atoms with van der Waals surface area (Å²) in [4.78, 5) is 12.1. The summed E-state index contributed by atoms with van der Waals surface area (Å²) in [7, 11) is 0. The number of fused-ring (bicyclic) bond motifs is 1. The normalized spacial score (nSPS) is 10.7. The average molecular weight is 265 g/mol. The van der Waals surface area contributed by atoms with Gasteiger partial charge in [-0.2, -0.15) is 0 Å². The molecule has 3 aromatic rings. The zero-order valence-electron chi connectivity index (χ0n) is 11.2. The second kappa shape index (κ2) is 5.21. The molecule has 0 atom stereocenters. The van der Waals surface area contributed by atoms with E-state index in [1.54, 1.807) is 6.26 Å². The van der Waals surface area contributed by atoms with E-state index in [0.29, 0.717) is 12.1 Å². The lowest BCUT2D eigenvalue weighted by Gasteiger charge is -2.06. The molecule has 2 aromatic carbocycles. The molecule has 0 bridgehead atoms. The minimum Gasteiger partial charge on any atom is -0.464 e. The summed E-state index contributed by atoms with van der Waals surface area (Å²) in [5, 5.41) is 3.98. The maximum absolute atomic E-state index is 12.1. The molecule has 3 nitrogen and oxygen atoms in total. The largest absolute Gasteiger partial charge is 0.464 e. The van der Waals surface area contributed by atoms with Crippen molar-refractivity contribution in [1.29, 1.82) is 0 Å². The van der Waals surface area contributed by atoms with E-state index < -0.39 is 0 Å². The van der Waals surface area contributed by atoms with E-state index >= 15 is 0 Å². The Morgan fingerprint density at radius 2 is 2.05 bits per heavy atom. The number of hydrogen-bond donors (Lipinski definition) is 1. The van der Waals surface area contributed by atoms with Gasteiger partial charge in [-0.15, -0.1) is 0 Å². The van der Waals surface area contributed by atoms with Crippen LogP contribution < -0.4 is 5.32 Å². The Bertz CT molecular complexity index is 758. The Hall–Kier alpha value is -2.55. The number of carbonyl (C=O) groups excluding carboxylic acids is 1. The zero-order valence-corrected chi connectivity index (χ0v) is 11.2. The highest BCUT2D eigenvalue weighted by atomic mass is 16.3. The zero-order chi connectivity index (χ0) is 13.9. The summed E-state index contributed by atoms with van der Waals surface area (Å²) in [5.41, 5.74) is 3.69. The van der Waals surface area contributed by atoms with E-state index in [4.69, 9.17) is 4.42 Å². The van der Waals surface area contributed by atoms with Crippen molar-refractivity contribution >= 4 is 16.9 Å². The third-order valence-corrected chi connectivity index (χ3v) is 3.25. The number of carbonyl (C=O) groups is 1. The number of amides is 1. The molecule has 3 rings (SSSR count). The first-order valence-corrected chi connectivity index (χ1v) is 6.53. The van der Waals surface area contributed by atoms with Crippen molar-refractivity contribution in [2.24, 2.45) is 0 Å². The molecule has 0 unspecified atom stereocenters. The van der Waals surface area contributed by atoms with E-state index in [1.807, 2.05) is 55.5 Å². The molecule has 3 heteroatoms. The molecular weight excluding hydrogens is 250 g/mol. The standard InChI is InChI=1S/C17H15NO2/c1-12-3-2-4-15(9-12)17(19)18-11-13-5-6-16-14(10-13)7-8-20-16/h2-10H,11H2,1H3,(H,18,19). The molecule has 0 radical (unpaired) electrons. The van der Waals surface area contributed by atoms with Crippen LogP contribution in [0.15, 0.2) is 59.2 Å². The first kappa shape index (κ1) is 12.5. The topological polar surface area (TPSA) is 42.2 Å². The van der Waals surface area contributed by atoms with Crippen LogP contribution in [0.25, 0.3) is 11.0 Å². The minimum absolute atomic E-state index is 0.0546. The monoisotopic (exact) mass is 265 g/mol. The molecule has 0 aliphatic carbocycles. The molecule has 1 aromatic heterocycles. The van der Waals surface area contributed by atoms with Gasteiger partial charge in [0, 0.05) is 17.5 Å². The summed E-state index contributed by atoms with van der Waals surface area (Å²) in [6.45, 7) is 2.48. The van der Waals surface area contributed by atoms with E-state index in [0.717, 1.165) is 22.1 Å². The van der Waals surface area contributed by atoms with E-state index in [9.17, 15) is 4.79 Å². The van der Waals surface area contributed by atoms with Crippen LogP contribution in [0.4, 0.5) is 0 Å². The Labute approximate surface area is 117 Å². The van der Waals surface area contributed by atoms with Crippen molar-refractivity contribution in [2.75, 3.05) is 0 Å². The average Bonchev–Trinajstić information content (AvgIpc) is 2.92. The Morgan fingerprint density at radius 1 is 1.15 bits per heavy atom. The van der Waals surface area contributed by atoms with E-state index in [1.165, 1.54) is 0 Å². The first-order chi connectivity index (χ1) is 9.72. The van der Waals surface area contributed by atoms with Crippen LogP contribution in [0, 0.1) is 6.92 Å². The van der Waals surface area contributed by atoms with Gasteiger partial charge in [0.25, 0.3) is 5.91 Å². The Balaban J connectivity index is 1.71. The highest BCUT2D eigenvalue weighted by Gasteiger charge is 2.05. The molecular formula is C17H15NO2. The quantitative estimate of drug-likeness (QED) is 0.785. The second-order valence-electron chi connectivity index (χ2n) is 4.84. The molecule has 0 fully saturated rings. The number of furan rings is 1. The van der Waals surface area contributed by atoms with Crippen LogP contribution in [0.1, 0.15) is 21.5 Å². The highest BCUT2D eigenvalue weighted by Crippen LogP contribution is 2.16. The van der Waals surface area contributed by atoms with Crippen LogP contribution in [0.5, 0.6) is 0 Å². The van der Waals surface area contributed by atoms with Crippen LogP contribution in [0.3, 0.4) is 0 Å². The molecule has 1 N–H and O–H groups in total.